The fourth-order valence-electron chi connectivity index (χ4n) is 5.14. The molecule has 1 aromatic carbocycles. The maximum absolute atomic E-state index is 13.2. The van der Waals surface area contributed by atoms with E-state index in [2.05, 4.69) is 67.7 Å². The van der Waals surface area contributed by atoms with Gasteiger partial charge in [0.05, 0.1) is 6.04 Å². The van der Waals surface area contributed by atoms with Crippen molar-refractivity contribution in [2.75, 3.05) is 20.1 Å². The Morgan fingerprint density at radius 3 is 2.12 bits per heavy atom. The standard InChI is InChI=1S/C37H48N2O4/c1-4-5-6-7-8-9-10-11-12-13-14-15-16-17-18-19-23-26-35(41)39-28-27-32(30-39)38(3)36(42)33-29-34(40)37(2,43-33)31-24-21-20-22-25-31/h5-6,8-9,11-12,14-15,17-18,20-22,24-25,29,32H,4,7,10,13,16,19,23,26-28,30H2,1-3H3/b6-5-,9-8-,12-11-,15-14-,18-17-/t32-,37?/m0/s1. The van der Waals surface area contributed by atoms with Crippen molar-refractivity contribution in [3.8, 4) is 0 Å². The number of allylic oxidation sites excluding steroid dienone is 10. The van der Waals surface area contributed by atoms with Crippen LogP contribution in [0, 0.1) is 0 Å². The van der Waals surface area contributed by atoms with Crippen molar-refractivity contribution >= 4 is 17.6 Å². The predicted molar refractivity (Wildman–Crippen MR) is 174 cm³/mol. The summed E-state index contributed by atoms with van der Waals surface area (Å²) < 4.78 is 5.93. The minimum Gasteiger partial charge on any atom is -0.469 e. The van der Waals surface area contributed by atoms with Gasteiger partial charge in [-0.3, -0.25) is 14.4 Å². The lowest BCUT2D eigenvalue weighted by molar-refractivity contribution is -0.138. The van der Waals surface area contributed by atoms with Crippen LogP contribution in [0.5, 0.6) is 0 Å². The van der Waals surface area contributed by atoms with Crippen LogP contribution in [0.15, 0.2) is 103 Å². The molecule has 0 saturated carbocycles. The SMILES string of the molecule is CC/C=C\C/C=C\C/C=C\C/C=C\C/C=C\CCCC(=O)N1CC[C@H](N(C)C(=O)C2=CC(=O)C(C)(c3ccccc3)O2)C1. The Kier molecular flexibility index (Phi) is 14.0. The first-order chi connectivity index (χ1) is 20.9. The van der Waals surface area contributed by atoms with Crippen LogP contribution in [0.3, 0.4) is 0 Å². The van der Waals surface area contributed by atoms with Gasteiger partial charge >= 0.3 is 0 Å². The smallest absolute Gasteiger partial charge is 0.289 e. The largest absolute Gasteiger partial charge is 0.469 e. The normalized spacial score (nSPS) is 20.8. The number of likely N-dealkylation sites (tertiary alicyclic amines) is 1. The summed E-state index contributed by atoms with van der Waals surface area (Å²) in [5, 5.41) is 0. The number of rotatable bonds is 16. The molecule has 2 heterocycles. The maximum atomic E-state index is 13.2. The maximum Gasteiger partial charge on any atom is 0.289 e. The van der Waals surface area contributed by atoms with Gasteiger partial charge in [-0.05, 0) is 58.3 Å². The van der Waals surface area contributed by atoms with E-state index in [4.69, 9.17) is 4.74 Å². The highest BCUT2D eigenvalue weighted by atomic mass is 16.5. The number of ether oxygens (including phenoxy) is 1. The molecule has 1 aromatic rings. The number of benzene rings is 1. The van der Waals surface area contributed by atoms with E-state index in [9.17, 15) is 14.4 Å². The molecule has 0 bridgehead atoms. The monoisotopic (exact) mass is 584 g/mol. The highest BCUT2D eigenvalue weighted by molar-refractivity contribution is 6.07. The molecule has 230 valence electrons. The van der Waals surface area contributed by atoms with Gasteiger partial charge in [-0.15, -0.1) is 0 Å². The Bertz CT molecular complexity index is 1240. The molecular weight excluding hydrogens is 536 g/mol. The zero-order valence-electron chi connectivity index (χ0n) is 26.1. The zero-order valence-corrected chi connectivity index (χ0v) is 26.1. The summed E-state index contributed by atoms with van der Waals surface area (Å²) in [5.41, 5.74) is -0.486. The van der Waals surface area contributed by atoms with Gasteiger partial charge in [0.2, 0.25) is 11.7 Å². The Balaban J connectivity index is 1.29. The van der Waals surface area contributed by atoms with Crippen LogP contribution in [0.1, 0.15) is 77.2 Å². The molecule has 0 aliphatic carbocycles. The van der Waals surface area contributed by atoms with Crippen molar-refractivity contribution < 1.29 is 19.1 Å². The molecule has 2 aliphatic heterocycles. The average Bonchev–Trinajstić information content (AvgIpc) is 3.64. The molecule has 43 heavy (non-hydrogen) atoms. The molecule has 6 nitrogen and oxygen atoms in total. The van der Waals surface area contributed by atoms with Gasteiger partial charge in [0.15, 0.2) is 11.4 Å². The third-order valence-electron chi connectivity index (χ3n) is 7.89. The van der Waals surface area contributed by atoms with Crippen LogP contribution >= 0.6 is 0 Å². The van der Waals surface area contributed by atoms with Crippen LogP contribution in [-0.2, 0) is 24.7 Å². The van der Waals surface area contributed by atoms with E-state index < -0.39 is 5.60 Å². The number of nitrogens with zero attached hydrogens (tertiary/aromatic N) is 2. The second kappa shape index (κ2) is 17.9. The number of unbranched alkanes of at least 4 members (excludes halogenated alkanes) is 1. The third kappa shape index (κ3) is 10.4. The topological polar surface area (TPSA) is 66.9 Å². The predicted octanol–water partition coefficient (Wildman–Crippen LogP) is 7.37. The van der Waals surface area contributed by atoms with Crippen molar-refractivity contribution in [2.24, 2.45) is 0 Å². The third-order valence-corrected chi connectivity index (χ3v) is 7.89. The summed E-state index contributed by atoms with van der Waals surface area (Å²) >= 11 is 0. The van der Waals surface area contributed by atoms with E-state index in [-0.39, 0.29) is 29.4 Å². The van der Waals surface area contributed by atoms with Crippen LogP contribution < -0.4 is 0 Å². The van der Waals surface area contributed by atoms with E-state index in [0.29, 0.717) is 31.5 Å². The van der Waals surface area contributed by atoms with E-state index in [1.807, 2.05) is 35.2 Å². The first kappa shape index (κ1) is 33.6. The summed E-state index contributed by atoms with van der Waals surface area (Å²) in [4.78, 5) is 42.2. The van der Waals surface area contributed by atoms with Crippen LogP contribution in [0.25, 0.3) is 0 Å². The van der Waals surface area contributed by atoms with Crippen molar-refractivity contribution in [2.45, 2.75) is 83.3 Å². The highest BCUT2D eigenvalue weighted by Gasteiger charge is 2.45. The summed E-state index contributed by atoms with van der Waals surface area (Å²) in [6.07, 6.45) is 30.9. The first-order valence-electron chi connectivity index (χ1n) is 15.7. The number of carbonyl (C=O) groups excluding carboxylic acids is 3. The van der Waals surface area contributed by atoms with Crippen LogP contribution in [-0.4, -0.2) is 53.6 Å². The molecule has 3 rings (SSSR count). The fourth-order valence-corrected chi connectivity index (χ4v) is 5.14. The Morgan fingerprint density at radius 2 is 1.51 bits per heavy atom. The van der Waals surface area contributed by atoms with Gasteiger partial charge in [-0.25, -0.2) is 0 Å². The van der Waals surface area contributed by atoms with E-state index in [0.717, 1.165) is 44.9 Å². The van der Waals surface area contributed by atoms with Gasteiger partial charge in [0.1, 0.15) is 0 Å². The number of carbonyl (C=O) groups is 3. The molecule has 0 radical (unpaired) electrons. The second-order valence-electron chi connectivity index (χ2n) is 11.2. The first-order valence-corrected chi connectivity index (χ1v) is 15.7. The lowest BCUT2D eigenvalue weighted by Crippen LogP contribution is -2.41. The van der Waals surface area contributed by atoms with E-state index in [1.165, 1.54) is 6.08 Å². The van der Waals surface area contributed by atoms with Crippen molar-refractivity contribution in [1.82, 2.24) is 9.80 Å². The molecule has 1 fully saturated rings. The average molecular weight is 585 g/mol. The molecule has 2 amide bonds. The van der Waals surface area contributed by atoms with E-state index in [1.54, 1.807) is 18.9 Å². The Hall–Kier alpha value is -3.93. The summed E-state index contributed by atoms with van der Waals surface area (Å²) in [7, 11) is 1.72. The second-order valence-corrected chi connectivity index (χ2v) is 11.2. The minimum atomic E-state index is -1.20. The van der Waals surface area contributed by atoms with Crippen LogP contribution in [0.2, 0.25) is 0 Å². The summed E-state index contributed by atoms with van der Waals surface area (Å²) in [6.45, 7) is 4.97. The van der Waals surface area contributed by atoms with Gasteiger partial charge in [0.25, 0.3) is 5.91 Å². The lowest BCUT2D eigenvalue weighted by atomic mass is 9.92. The van der Waals surface area contributed by atoms with Crippen molar-refractivity contribution in [3.05, 3.63) is 108 Å². The van der Waals surface area contributed by atoms with Gasteiger partial charge < -0.3 is 14.5 Å². The van der Waals surface area contributed by atoms with Crippen LogP contribution in [0.4, 0.5) is 0 Å². The van der Waals surface area contributed by atoms with Crippen molar-refractivity contribution in [3.63, 3.8) is 0 Å². The summed E-state index contributed by atoms with van der Waals surface area (Å²) in [5.74, 6) is -0.392. The number of likely N-dealkylation sites (N-methyl/N-ethyl adjacent to an activating group) is 1. The molecule has 0 aromatic heterocycles. The highest BCUT2D eigenvalue weighted by Crippen LogP contribution is 2.35. The number of hydrogen-bond acceptors (Lipinski definition) is 4. The quantitative estimate of drug-likeness (QED) is 0.150. The fraction of sp³-hybridized carbons (Fsp3) is 0.432. The van der Waals surface area contributed by atoms with Gasteiger partial charge in [0, 0.05) is 38.2 Å². The number of hydrogen-bond donors (Lipinski definition) is 0. The number of ketones is 1. The van der Waals surface area contributed by atoms with E-state index >= 15 is 0 Å². The Morgan fingerprint density at radius 1 is 0.930 bits per heavy atom. The van der Waals surface area contributed by atoms with Gasteiger partial charge in [-0.2, -0.15) is 0 Å². The zero-order chi connectivity index (χ0) is 30.9. The minimum absolute atomic E-state index is 0.0562. The molecule has 2 atom stereocenters. The molecule has 2 aliphatic rings. The molecule has 6 heteroatoms. The van der Waals surface area contributed by atoms with Gasteiger partial charge in [-0.1, -0.05) is 98.0 Å². The molecule has 1 saturated heterocycles. The number of amides is 2. The Labute approximate surface area is 258 Å². The van der Waals surface area contributed by atoms with Crippen molar-refractivity contribution in [1.29, 1.82) is 0 Å². The molecule has 0 N–H and O–H groups in total. The molecule has 1 unspecified atom stereocenters. The molecule has 0 spiro atoms. The molecular formula is C37H48N2O4. The lowest BCUT2D eigenvalue weighted by Gasteiger charge is -2.28. The summed E-state index contributed by atoms with van der Waals surface area (Å²) in [6, 6.07) is 9.10.